The maximum atomic E-state index is 6.46. The van der Waals surface area contributed by atoms with Crippen molar-refractivity contribution in [3.05, 3.63) is 116 Å². The van der Waals surface area contributed by atoms with E-state index in [0.29, 0.717) is 0 Å². The van der Waals surface area contributed by atoms with Gasteiger partial charge in [0, 0.05) is 11.1 Å². The van der Waals surface area contributed by atoms with Crippen LogP contribution in [0, 0.1) is 0 Å². The molecule has 4 aromatic carbocycles. The fraction of sp³-hybridized carbons (Fsp3) is 0.0400. The minimum atomic E-state index is -0.399. The molecule has 0 radical (unpaired) electrons. The van der Waals surface area contributed by atoms with Gasteiger partial charge in [-0.2, -0.15) is 0 Å². The monoisotopic (exact) mass is 488 g/mol. The van der Waals surface area contributed by atoms with E-state index in [-0.39, 0.29) is 0 Å². The van der Waals surface area contributed by atoms with Gasteiger partial charge in [-0.25, -0.2) is 0 Å². The van der Waals surface area contributed by atoms with Crippen molar-refractivity contribution in [3.63, 3.8) is 0 Å². The van der Waals surface area contributed by atoms with Gasteiger partial charge in [-0.1, -0.05) is 72.8 Å². The summed E-state index contributed by atoms with van der Waals surface area (Å²) < 4.78 is 8.39. The van der Waals surface area contributed by atoms with Crippen LogP contribution in [-0.4, -0.2) is 0 Å². The van der Waals surface area contributed by atoms with E-state index >= 15 is 0 Å². The van der Waals surface area contributed by atoms with Gasteiger partial charge in [0.1, 0.15) is 11.5 Å². The molecular weight excluding hydrogens is 476 g/mol. The number of hydrogen-bond donors (Lipinski definition) is 0. The zero-order valence-corrected chi connectivity index (χ0v) is 17.9. The van der Waals surface area contributed by atoms with Gasteiger partial charge in [-0.15, -0.1) is 0 Å². The van der Waals surface area contributed by atoms with Crippen molar-refractivity contribution in [1.82, 2.24) is 0 Å². The summed E-state index contributed by atoms with van der Waals surface area (Å²) in [4.78, 5) is 0. The smallest absolute Gasteiger partial charge is 0.146 e. The molecule has 134 valence electrons. The minimum Gasteiger partial charge on any atom is -0.454 e. The number of hydrogen-bond acceptors (Lipinski definition) is 1. The molecule has 0 atom stereocenters. The highest BCUT2D eigenvalue weighted by Gasteiger charge is 2.51. The van der Waals surface area contributed by atoms with Crippen molar-refractivity contribution in [1.29, 1.82) is 0 Å². The van der Waals surface area contributed by atoms with Crippen molar-refractivity contribution >= 4 is 31.9 Å². The number of halogens is 2. The molecule has 0 aromatic heterocycles. The van der Waals surface area contributed by atoms with Crippen molar-refractivity contribution in [3.8, 4) is 22.6 Å². The van der Waals surface area contributed by atoms with E-state index in [2.05, 4.69) is 105 Å². The Morgan fingerprint density at radius 3 is 1.43 bits per heavy atom. The lowest BCUT2D eigenvalue weighted by molar-refractivity contribution is 0.431. The molecule has 0 fully saturated rings. The summed E-state index contributed by atoms with van der Waals surface area (Å²) in [5, 5.41) is 0. The fourth-order valence-electron chi connectivity index (χ4n) is 4.88. The largest absolute Gasteiger partial charge is 0.454 e. The van der Waals surface area contributed by atoms with E-state index < -0.39 is 5.41 Å². The molecule has 2 aliphatic rings. The van der Waals surface area contributed by atoms with E-state index in [1.54, 1.807) is 0 Å². The standard InChI is InChI=1S/C25H14Br2O/c26-21-13-5-11-19-23(21)28-24-20(12-6-14-22(24)27)25(19)17-9-3-1-7-15(17)16-8-2-4-10-18(16)25/h1-14H. The Bertz CT molecular complexity index is 1180. The summed E-state index contributed by atoms with van der Waals surface area (Å²) in [6.45, 7) is 0. The second-order valence-corrected chi connectivity index (χ2v) is 8.88. The van der Waals surface area contributed by atoms with E-state index in [0.717, 1.165) is 20.4 Å². The van der Waals surface area contributed by atoms with Crippen LogP contribution in [-0.2, 0) is 5.41 Å². The van der Waals surface area contributed by atoms with Crippen LogP contribution in [0.1, 0.15) is 22.3 Å². The quantitative estimate of drug-likeness (QED) is 0.212. The van der Waals surface area contributed by atoms with E-state index in [1.165, 1.54) is 33.4 Å². The molecule has 1 heterocycles. The van der Waals surface area contributed by atoms with Gasteiger partial charge in [0.2, 0.25) is 0 Å². The van der Waals surface area contributed by atoms with Gasteiger partial charge < -0.3 is 4.74 Å². The molecule has 0 bridgehead atoms. The fourth-order valence-corrected chi connectivity index (χ4v) is 5.77. The highest BCUT2D eigenvalue weighted by Crippen LogP contribution is 2.63. The Balaban J connectivity index is 1.88. The van der Waals surface area contributed by atoms with Crippen LogP contribution in [0.15, 0.2) is 93.9 Å². The predicted octanol–water partition coefficient (Wildman–Crippen LogP) is 7.68. The number of fused-ring (bicyclic) bond motifs is 9. The first-order chi connectivity index (χ1) is 13.7. The van der Waals surface area contributed by atoms with Gasteiger partial charge in [-0.3, -0.25) is 0 Å². The molecule has 4 aromatic rings. The lowest BCUT2D eigenvalue weighted by Crippen LogP contribution is -2.32. The first kappa shape index (κ1) is 16.6. The van der Waals surface area contributed by atoms with Crippen LogP contribution >= 0.6 is 31.9 Å². The summed E-state index contributed by atoms with van der Waals surface area (Å²) in [6, 6.07) is 30.2. The highest BCUT2D eigenvalue weighted by molar-refractivity contribution is 9.11. The van der Waals surface area contributed by atoms with Crippen molar-refractivity contribution in [2.24, 2.45) is 0 Å². The molecule has 0 unspecified atom stereocenters. The molecule has 0 amide bonds. The SMILES string of the molecule is Brc1cccc2c1Oc1c(Br)cccc1C21c2ccccc2-c2ccccc21. The summed E-state index contributed by atoms with van der Waals surface area (Å²) in [6.07, 6.45) is 0. The highest BCUT2D eigenvalue weighted by atomic mass is 79.9. The zero-order chi connectivity index (χ0) is 18.9. The Morgan fingerprint density at radius 1 is 0.500 bits per heavy atom. The Labute approximate surface area is 180 Å². The third-order valence-electron chi connectivity index (χ3n) is 5.90. The third kappa shape index (κ3) is 1.91. The molecule has 1 spiro atoms. The predicted molar refractivity (Wildman–Crippen MR) is 119 cm³/mol. The molecule has 1 aliphatic heterocycles. The number of ether oxygens (including phenoxy) is 1. The lowest BCUT2D eigenvalue weighted by atomic mass is 9.66. The molecule has 28 heavy (non-hydrogen) atoms. The molecule has 0 saturated carbocycles. The van der Waals surface area contributed by atoms with Crippen LogP contribution in [0.5, 0.6) is 11.5 Å². The first-order valence-electron chi connectivity index (χ1n) is 9.18. The molecule has 1 nitrogen and oxygen atoms in total. The van der Waals surface area contributed by atoms with Crippen LogP contribution in [0.3, 0.4) is 0 Å². The third-order valence-corrected chi connectivity index (χ3v) is 7.15. The first-order valence-corrected chi connectivity index (χ1v) is 10.8. The maximum absolute atomic E-state index is 6.46. The summed E-state index contributed by atoms with van der Waals surface area (Å²) >= 11 is 7.46. The van der Waals surface area contributed by atoms with E-state index in [9.17, 15) is 0 Å². The zero-order valence-electron chi connectivity index (χ0n) is 14.7. The molecule has 0 N–H and O–H groups in total. The van der Waals surface area contributed by atoms with Crippen molar-refractivity contribution in [2.75, 3.05) is 0 Å². The van der Waals surface area contributed by atoms with E-state index in [1.807, 2.05) is 12.1 Å². The lowest BCUT2D eigenvalue weighted by Gasteiger charge is -2.40. The van der Waals surface area contributed by atoms with Crippen LogP contribution in [0.4, 0.5) is 0 Å². The van der Waals surface area contributed by atoms with Crippen molar-refractivity contribution in [2.45, 2.75) is 5.41 Å². The number of benzene rings is 4. The summed E-state index contributed by atoms with van der Waals surface area (Å²) in [7, 11) is 0. The summed E-state index contributed by atoms with van der Waals surface area (Å²) in [5.74, 6) is 1.77. The van der Waals surface area contributed by atoms with Crippen LogP contribution < -0.4 is 4.74 Å². The maximum Gasteiger partial charge on any atom is 0.146 e. The van der Waals surface area contributed by atoms with Gasteiger partial charge in [0.05, 0.1) is 14.4 Å². The van der Waals surface area contributed by atoms with Crippen LogP contribution in [0.2, 0.25) is 0 Å². The Morgan fingerprint density at radius 2 is 0.929 bits per heavy atom. The van der Waals surface area contributed by atoms with Gasteiger partial charge in [0.25, 0.3) is 0 Å². The van der Waals surface area contributed by atoms with Gasteiger partial charge in [0.15, 0.2) is 0 Å². The molecule has 6 rings (SSSR count). The van der Waals surface area contributed by atoms with Crippen molar-refractivity contribution < 1.29 is 4.74 Å². The van der Waals surface area contributed by atoms with E-state index in [4.69, 9.17) is 4.74 Å². The average molecular weight is 490 g/mol. The second-order valence-electron chi connectivity index (χ2n) is 7.18. The average Bonchev–Trinajstić information content (AvgIpc) is 3.02. The molecular formula is C25H14Br2O. The summed E-state index contributed by atoms with van der Waals surface area (Å²) in [5.41, 5.74) is 7.13. The van der Waals surface area contributed by atoms with Crippen LogP contribution in [0.25, 0.3) is 11.1 Å². The van der Waals surface area contributed by atoms with Gasteiger partial charge >= 0.3 is 0 Å². The Hall–Kier alpha value is -2.36. The number of rotatable bonds is 0. The Kier molecular flexibility index (Phi) is 3.45. The minimum absolute atomic E-state index is 0.399. The molecule has 0 saturated heterocycles. The topological polar surface area (TPSA) is 9.23 Å². The molecule has 3 heteroatoms. The second kappa shape index (κ2) is 5.82. The normalized spacial score (nSPS) is 14.6. The molecule has 1 aliphatic carbocycles. The van der Waals surface area contributed by atoms with Gasteiger partial charge in [-0.05, 0) is 66.2 Å². The number of para-hydroxylation sites is 2.